The van der Waals surface area contributed by atoms with E-state index >= 15 is 0 Å². The Bertz CT molecular complexity index is 550. The predicted molar refractivity (Wildman–Crippen MR) is 99.0 cm³/mol. The van der Waals surface area contributed by atoms with Crippen molar-refractivity contribution >= 4 is 18.3 Å². The number of piperidine rings is 2. The van der Waals surface area contributed by atoms with Gasteiger partial charge in [0.15, 0.2) is 0 Å². The monoisotopic (exact) mass is 352 g/mol. The summed E-state index contributed by atoms with van der Waals surface area (Å²) in [6.07, 6.45) is 4.07. The lowest BCUT2D eigenvalue weighted by Crippen LogP contribution is -2.46. The van der Waals surface area contributed by atoms with Gasteiger partial charge in [0.1, 0.15) is 11.9 Å². The van der Waals surface area contributed by atoms with E-state index in [-0.39, 0.29) is 24.4 Å². The van der Waals surface area contributed by atoms with Gasteiger partial charge >= 0.3 is 0 Å². The summed E-state index contributed by atoms with van der Waals surface area (Å²) in [5, 5.41) is 3.33. The summed E-state index contributed by atoms with van der Waals surface area (Å²) in [6, 6.07) is 6.34. The third-order valence-corrected chi connectivity index (χ3v) is 5.08. The van der Waals surface area contributed by atoms with Crippen molar-refractivity contribution in [2.45, 2.75) is 45.6 Å². The molecule has 2 heterocycles. The zero-order valence-electron chi connectivity index (χ0n) is 14.7. The molecule has 1 N–H and O–H groups in total. The van der Waals surface area contributed by atoms with Gasteiger partial charge in [0.2, 0.25) is 5.91 Å². The summed E-state index contributed by atoms with van der Waals surface area (Å²) in [5.41, 5.74) is 2.41. The first-order chi connectivity index (χ1) is 11.1. The Morgan fingerprint density at radius 2 is 1.79 bits per heavy atom. The Balaban J connectivity index is 0.00000208. The second-order valence-corrected chi connectivity index (χ2v) is 6.94. The molecule has 2 saturated heterocycles. The largest absolute Gasteiger partial charge is 0.490 e. The number of aryl methyl sites for hydroxylation is 2. The minimum atomic E-state index is 0. The number of amides is 1. The van der Waals surface area contributed by atoms with Crippen molar-refractivity contribution in [3.8, 4) is 5.75 Å². The SMILES string of the molecule is Cc1ccc(C)c(OC2CCN(C(=O)C3CCNCC3)CC2)c1.Cl. The van der Waals surface area contributed by atoms with E-state index < -0.39 is 0 Å². The highest BCUT2D eigenvalue weighted by Crippen LogP contribution is 2.25. The number of ether oxygens (including phenoxy) is 1. The Hall–Kier alpha value is -1.26. The normalized spacial score (nSPS) is 19.7. The number of halogens is 1. The van der Waals surface area contributed by atoms with Crippen molar-refractivity contribution in [2.75, 3.05) is 26.2 Å². The molecule has 134 valence electrons. The fraction of sp³-hybridized carbons (Fsp3) is 0.632. The molecule has 5 heteroatoms. The third kappa shape index (κ3) is 4.64. The van der Waals surface area contributed by atoms with E-state index in [0.29, 0.717) is 5.91 Å². The van der Waals surface area contributed by atoms with Crippen LogP contribution in [0.3, 0.4) is 0 Å². The zero-order chi connectivity index (χ0) is 16.2. The predicted octanol–water partition coefficient (Wildman–Crippen LogP) is 3.09. The van der Waals surface area contributed by atoms with Crippen LogP contribution in [0, 0.1) is 19.8 Å². The van der Waals surface area contributed by atoms with Crippen LogP contribution in [0.25, 0.3) is 0 Å². The molecule has 2 fully saturated rings. The molecule has 2 aliphatic rings. The van der Waals surface area contributed by atoms with Gasteiger partial charge in [-0.2, -0.15) is 0 Å². The van der Waals surface area contributed by atoms with Crippen LogP contribution in [0.4, 0.5) is 0 Å². The van der Waals surface area contributed by atoms with E-state index in [1.807, 2.05) is 0 Å². The first kappa shape index (κ1) is 19.1. The highest BCUT2D eigenvalue weighted by molar-refractivity contribution is 5.85. The summed E-state index contributed by atoms with van der Waals surface area (Å²) >= 11 is 0. The molecule has 24 heavy (non-hydrogen) atoms. The van der Waals surface area contributed by atoms with E-state index in [2.05, 4.69) is 42.3 Å². The molecule has 0 radical (unpaired) electrons. The zero-order valence-corrected chi connectivity index (χ0v) is 15.5. The molecule has 4 nitrogen and oxygen atoms in total. The maximum absolute atomic E-state index is 12.6. The highest BCUT2D eigenvalue weighted by Gasteiger charge is 2.29. The summed E-state index contributed by atoms with van der Waals surface area (Å²) in [4.78, 5) is 14.6. The molecule has 1 aromatic carbocycles. The van der Waals surface area contributed by atoms with Gasteiger partial charge in [-0.05, 0) is 57.0 Å². The van der Waals surface area contributed by atoms with Crippen LogP contribution in [0.1, 0.15) is 36.8 Å². The molecule has 2 aliphatic heterocycles. The fourth-order valence-corrected chi connectivity index (χ4v) is 3.53. The van der Waals surface area contributed by atoms with E-state index in [1.165, 1.54) is 11.1 Å². The Labute approximate surface area is 151 Å². The van der Waals surface area contributed by atoms with Crippen molar-refractivity contribution in [1.29, 1.82) is 0 Å². The molecule has 3 rings (SSSR count). The quantitative estimate of drug-likeness (QED) is 0.908. The van der Waals surface area contributed by atoms with Gasteiger partial charge < -0.3 is 15.0 Å². The molecule has 0 saturated carbocycles. The van der Waals surface area contributed by atoms with Gasteiger partial charge in [-0.15, -0.1) is 12.4 Å². The number of rotatable bonds is 3. The maximum Gasteiger partial charge on any atom is 0.225 e. The van der Waals surface area contributed by atoms with Gasteiger partial charge in [0.25, 0.3) is 0 Å². The van der Waals surface area contributed by atoms with Crippen molar-refractivity contribution in [3.05, 3.63) is 29.3 Å². The van der Waals surface area contributed by atoms with Gasteiger partial charge in [-0.3, -0.25) is 4.79 Å². The van der Waals surface area contributed by atoms with Gasteiger partial charge in [0, 0.05) is 31.8 Å². The van der Waals surface area contributed by atoms with Crippen molar-refractivity contribution in [1.82, 2.24) is 10.2 Å². The summed E-state index contributed by atoms with van der Waals surface area (Å²) in [7, 11) is 0. The lowest BCUT2D eigenvalue weighted by Gasteiger charge is -2.35. The molecule has 0 unspecified atom stereocenters. The van der Waals surface area contributed by atoms with E-state index in [9.17, 15) is 4.79 Å². The summed E-state index contributed by atoms with van der Waals surface area (Å²) in [6.45, 7) is 7.79. The number of nitrogens with one attached hydrogen (secondary N) is 1. The van der Waals surface area contributed by atoms with Crippen LogP contribution in [0.5, 0.6) is 5.75 Å². The average molecular weight is 353 g/mol. The number of carbonyl (C=O) groups is 1. The number of hydrogen-bond acceptors (Lipinski definition) is 3. The van der Waals surface area contributed by atoms with E-state index in [1.54, 1.807) is 0 Å². The van der Waals surface area contributed by atoms with E-state index in [0.717, 1.165) is 57.6 Å². The molecule has 1 amide bonds. The minimum absolute atomic E-state index is 0. The van der Waals surface area contributed by atoms with Crippen LogP contribution >= 0.6 is 12.4 Å². The van der Waals surface area contributed by atoms with Crippen LogP contribution in [-0.4, -0.2) is 43.1 Å². The number of benzene rings is 1. The molecule has 1 aromatic rings. The van der Waals surface area contributed by atoms with Crippen molar-refractivity contribution < 1.29 is 9.53 Å². The average Bonchev–Trinajstić information content (AvgIpc) is 2.59. The Morgan fingerprint density at radius 1 is 1.12 bits per heavy atom. The lowest BCUT2D eigenvalue weighted by molar-refractivity contribution is -0.138. The Morgan fingerprint density at radius 3 is 2.46 bits per heavy atom. The van der Waals surface area contributed by atoms with Gasteiger partial charge in [0.05, 0.1) is 0 Å². The lowest BCUT2D eigenvalue weighted by atomic mass is 9.95. The summed E-state index contributed by atoms with van der Waals surface area (Å²) in [5.74, 6) is 1.58. The number of likely N-dealkylation sites (tertiary alicyclic amines) is 1. The molecule has 0 spiro atoms. The van der Waals surface area contributed by atoms with Crippen molar-refractivity contribution in [2.24, 2.45) is 5.92 Å². The molecular formula is C19H29ClN2O2. The topological polar surface area (TPSA) is 41.6 Å². The van der Waals surface area contributed by atoms with Crippen LogP contribution in [0.15, 0.2) is 18.2 Å². The molecule has 0 atom stereocenters. The first-order valence-corrected chi connectivity index (χ1v) is 8.87. The second-order valence-electron chi connectivity index (χ2n) is 6.94. The van der Waals surface area contributed by atoms with Crippen LogP contribution in [-0.2, 0) is 4.79 Å². The van der Waals surface area contributed by atoms with Gasteiger partial charge in [-0.25, -0.2) is 0 Å². The minimum Gasteiger partial charge on any atom is -0.490 e. The third-order valence-electron chi connectivity index (χ3n) is 5.08. The molecule has 0 bridgehead atoms. The Kier molecular flexibility index (Phi) is 6.93. The smallest absolute Gasteiger partial charge is 0.225 e. The van der Waals surface area contributed by atoms with Crippen molar-refractivity contribution in [3.63, 3.8) is 0 Å². The highest BCUT2D eigenvalue weighted by atomic mass is 35.5. The number of carbonyl (C=O) groups excluding carboxylic acids is 1. The standard InChI is InChI=1S/C19H28N2O2.ClH/c1-14-3-4-15(2)18(13-14)23-17-7-11-21(12-8-17)19(22)16-5-9-20-10-6-16;/h3-4,13,16-17,20H,5-12H2,1-2H3;1H. The second kappa shape index (κ2) is 8.72. The number of hydrogen-bond donors (Lipinski definition) is 1. The molecule has 0 aliphatic carbocycles. The summed E-state index contributed by atoms with van der Waals surface area (Å²) < 4.78 is 6.19. The first-order valence-electron chi connectivity index (χ1n) is 8.87. The maximum atomic E-state index is 12.6. The molecule has 0 aromatic heterocycles. The molecular weight excluding hydrogens is 324 g/mol. The van der Waals surface area contributed by atoms with Gasteiger partial charge in [-0.1, -0.05) is 12.1 Å². The fourth-order valence-electron chi connectivity index (χ4n) is 3.53. The van der Waals surface area contributed by atoms with E-state index in [4.69, 9.17) is 4.74 Å². The number of nitrogens with zero attached hydrogens (tertiary/aromatic N) is 1. The van der Waals surface area contributed by atoms with Crippen LogP contribution in [0.2, 0.25) is 0 Å². The van der Waals surface area contributed by atoms with Crippen LogP contribution < -0.4 is 10.1 Å².